The molecule has 1 unspecified atom stereocenters. The predicted molar refractivity (Wildman–Crippen MR) is 59.5 cm³/mol. The number of rotatable bonds is 2. The van der Waals surface area contributed by atoms with Gasteiger partial charge in [0.2, 0.25) is 0 Å². The molecule has 1 atom stereocenters. The largest absolute Gasteiger partial charge is 0.495 e. The van der Waals surface area contributed by atoms with E-state index in [1.807, 2.05) is 38.1 Å². The van der Waals surface area contributed by atoms with Crippen LogP contribution in [0.2, 0.25) is 0 Å². The quantitative estimate of drug-likeness (QED) is 0.802. The fourth-order valence-corrected chi connectivity index (χ4v) is 2.03. The lowest BCUT2D eigenvalue weighted by Crippen LogP contribution is -2.06. The fourth-order valence-electron chi connectivity index (χ4n) is 2.03. The van der Waals surface area contributed by atoms with E-state index in [1.54, 1.807) is 0 Å². The Morgan fingerprint density at radius 3 is 2.47 bits per heavy atom. The SMILES string of the molecule is Cc1cccc(C)c1C(O)C1=CCCO1. The van der Waals surface area contributed by atoms with Crippen molar-refractivity contribution in [3.8, 4) is 0 Å². The lowest BCUT2D eigenvalue weighted by atomic mass is 9.97. The first-order valence-corrected chi connectivity index (χ1v) is 5.27. The minimum atomic E-state index is -0.603. The number of hydrogen-bond acceptors (Lipinski definition) is 2. The maximum absolute atomic E-state index is 10.2. The van der Waals surface area contributed by atoms with Crippen molar-refractivity contribution in [2.75, 3.05) is 6.61 Å². The van der Waals surface area contributed by atoms with E-state index >= 15 is 0 Å². The van der Waals surface area contributed by atoms with Crippen LogP contribution in [0, 0.1) is 13.8 Å². The van der Waals surface area contributed by atoms with Crippen LogP contribution in [-0.4, -0.2) is 11.7 Å². The number of aliphatic hydroxyl groups is 1. The van der Waals surface area contributed by atoms with Crippen LogP contribution in [0.4, 0.5) is 0 Å². The average Bonchev–Trinajstić information content (AvgIpc) is 2.69. The Kier molecular flexibility index (Phi) is 2.78. The number of hydrogen-bond donors (Lipinski definition) is 1. The van der Waals surface area contributed by atoms with Gasteiger partial charge in [-0.2, -0.15) is 0 Å². The van der Waals surface area contributed by atoms with E-state index in [1.165, 1.54) is 0 Å². The van der Waals surface area contributed by atoms with Gasteiger partial charge in [0.1, 0.15) is 11.9 Å². The zero-order valence-electron chi connectivity index (χ0n) is 9.16. The number of benzene rings is 1. The van der Waals surface area contributed by atoms with Gasteiger partial charge in [0, 0.05) is 6.42 Å². The predicted octanol–water partition coefficient (Wildman–Crippen LogP) is 2.64. The summed E-state index contributed by atoms with van der Waals surface area (Å²) in [6.07, 6.45) is 2.27. The second kappa shape index (κ2) is 4.07. The second-order valence-electron chi connectivity index (χ2n) is 3.95. The van der Waals surface area contributed by atoms with E-state index in [-0.39, 0.29) is 0 Å². The monoisotopic (exact) mass is 204 g/mol. The van der Waals surface area contributed by atoms with Crippen molar-refractivity contribution in [1.82, 2.24) is 0 Å². The molecule has 0 saturated carbocycles. The van der Waals surface area contributed by atoms with Gasteiger partial charge < -0.3 is 9.84 Å². The Bertz CT molecular complexity index is 373. The van der Waals surface area contributed by atoms with E-state index in [0.717, 1.165) is 23.1 Å². The molecular formula is C13H16O2. The molecule has 1 aromatic carbocycles. The smallest absolute Gasteiger partial charge is 0.136 e. The zero-order valence-corrected chi connectivity index (χ0v) is 9.16. The molecule has 0 spiro atoms. The van der Waals surface area contributed by atoms with Gasteiger partial charge in [-0.1, -0.05) is 18.2 Å². The van der Waals surface area contributed by atoms with Crippen molar-refractivity contribution in [1.29, 1.82) is 0 Å². The third-order valence-corrected chi connectivity index (χ3v) is 2.82. The van der Waals surface area contributed by atoms with Crippen molar-refractivity contribution in [2.24, 2.45) is 0 Å². The molecule has 1 aliphatic heterocycles. The van der Waals surface area contributed by atoms with Gasteiger partial charge in [0.25, 0.3) is 0 Å². The van der Waals surface area contributed by atoms with E-state index in [0.29, 0.717) is 12.4 Å². The van der Waals surface area contributed by atoms with Crippen molar-refractivity contribution in [3.05, 3.63) is 46.7 Å². The van der Waals surface area contributed by atoms with Crippen LogP contribution in [0.25, 0.3) is 0 Å². The summed E-state index contributed by atoms with van der Waals surface area (Å²) < 4.78 is 5.39. The molecule has 0 aromatic heterocycles. The van der Waals surface area contributed by atoms with Gasteiger partial charge in [0.05, 0.1) is 6.61 Å². The molecule has 0 amide bonds. The van der Waals surface area contributed by atoms with Crippen molar-refractivity contribution >= 4 is 0 Å². The Hall–Kier alpha value is -1.28. The maximum atomic E-state index is 10.2. The summed E-state index contributed by atoms with van der Waals surface area (Å²) in [6, 6.07) is 6.03. The highest BCUT2D eigenvalue weighted by molar-refractivity contribution is 5.38. The van der Waals surface area contributed by atoms with E-state index in [2.05, 4.69) is 0 Å². The van der Waals surface area contributed by atoms with Gasteiger partial charge >= 0.3 is 0 Å². The first-order valence-electron chi connectivity index (χ1n) is 5.27. The molecule has 0 saturated heterocycles. The zero-order chi connectivity index (χ0) is 10.8. The van der Waals surface area contributed by atoms with Crippen LogP contribution in [0.5, 0.6) is 0 Å². The topological polar surface area (TPSA) is 29.5 Å². The molecule has 15 heavy (non-hydrogen) atoms. The lowest BCUT2D eigenvalue weighted by Gasteiger charge is -2.17. The average molecular weight is 204 g/mol. The molecule has 2 rings (SSSR count). The number of ether oxygens (including phenoxy) is 1. The first kappa shape index (κ1) is 10.2. The molecule has 2 nitrogen and oxygen atoms in total. The van der Waals surface area contributed by atoms with Gasteiger partial charge in [-0.15, -0.1) is 0 Å². The standard InChI is InChI=1S/C13H16O2/c1-9-5-3-6-10(2)12(9)13(14)11-7-4-8-15-11/h3,5-7,13-14H,4,8H2,1-2H3. The Morgan fingerprint density at radius 2 is 1.93 bits per heavy atom. The highest BCUT2D eigenvalue weighted by Gasteiger charge is 2.20. The summed E-state index contributed by atoms with van der Waals surface area (Å²) in [5.41, 5.74) is 3.20. The molecule has 1 aliphatic rings. The van der Waals surface area contributed by atoms with E-state index < -0.39 is 6.10 Å². The van der Waals surface area contributed by atoms with Gasteiger partial charge in [0.15, 0.2) is 0 Å². The van der Waals surface area contributed by atoms with Crippen molar-refractivity contribution in [3.63, 3.8) is 0 Å². The van der Waals surface area contributed by atoms with E-state index in [9.17, 15) is 5.11 Å². The highest BCUT2D eigenvalue weighted by atomic mass is 16.5. The van der Waals surface area contributed by atoms with Crippen LogP contribution in [0.1, 0.15) is 29.2 Å². The van der Waals surface area contributed by atoms with Gasteiger partial charge in [-0.25, -0.2) is 0 Å². The molecule has 1 heterocycles. The number of aliphatic hydroxyl groups excluding tert-OH is 1. The minimum absolute atomic E-state index is 0.603. The lowest BCUT2D eigenvalue weighted by molar-refractivity contribution is 0.118. The first-order chi connectivity index (χ1) is 7.20. The Balaban J connectivity index is 2.36. The third kappa shape index (κ3) is 1.90. The summed E-state index contributed by atoms with van der Waals surface area (Å²) in [6.45, 7) is 4.72. The molecule has 2 heteroatoms. The van der Waals surface area contributed by atoms with Crippen LogP contribution in [0.3, 0.4) is 0 Å². The van der Waals surface area contributed by atoms with Crippen molar-refractivity contribution < 1.29 is 9.84 Å². The summed E-state index contributed by atoms with van der Waals surface area (Å²) in [5, 5.41) is 10.2. The summed E-state index contributed by atoms with van der Waals surface area (Å²) >= 11 is 0. The molecule has 0 fully saturated rings. The Labute approximate surface area is 90.2 Å². The van der Waals surface area contributed by atoms with Crippen LogP contribution in [0.15, 0.2) is 30.0 Å². The summed E-state index contributed by atoms with van der Waals surface area (Å²) in [5.74, 6) is 0.701. The van der Waals surface area contributed by atoms with Gasteiger partial charge in [-0.05, 0) is 36.6 Å². The number of aryl methyl sites for hydroxylation is 2. The van der Waals surface area contributed by atoms with Crippen LogP contribution >= 0.6 is 0 Å². The van der Waals surface area contributed by atoms with Crippen LogP contribution in [-0.2, 0) is 4.74 Å². The minimum Gasteiger partial charge on any atom is -0.495 e. The summed E-state index contributed by atoms with van der Waals surface area (Å²) in [4.78, 5) is 0. The van der Waals surface area contributed by atoms with Crippen molar-refractivity contribution in [2.45, 2.75) is 26.4 Å². The fraction of sp³-hybridized carbons (Fsp3) is 0.385. The molecule has 1 aromatic rings. The highest BCUT2D eigenvalue weighted by Crippen LogP contribution is 2.30. The van der Waals surface area contributed by atoms with E-state index in [4.69, 9.17) is 4.74 Å². The van der Waals surface area contributed by atoms with Gasteiger partial charge in [-0.3, -0.25) is 0 Å². The molecule has 0 radical (unpaired) electrons. The second-order valence-corrected chi connectivity index (χ2v) is 3.95. The molecule has 0 aliphatic carbocycles. The summed E-state index contributed by atoms with van der Waals surface area (Å²) in [7, 11) is 0. The maximum Gasteiger partial charge on any atom is 0.136 e. The molecule has 80 valence electrons. The molecular weight excluding hydrogens is 188 g/mol. The molecule has 0 bridgehead atoms. The Morgan fingerprint density at radius 1 is 1.27 bits per heavy atom. The normalized spacial score (nSPS) is 17.1. The third-order valence-electron chi connectivity index (χ3n) is 2.82. The molecule has 1 N–H and O–H groups in total. The van der Waals surface area contributed by atoms with Crippen LogP contribution < -0.4 is 0 Å².